The first kappa shape index (κ1) is 18.9. The van der Waals surface area contributed by atoms with E-state index >= 15 is 0 Å². The highest BCUT2D eigenvalue weighted by Crippen LogP contribution is 2.24. The SMILES string of the molecule is CCC(NC(=O)C1CCN(S(C)(=O)=O)CC1)c1ccc(C)cc1C. The summed E-state index contributed by atoms with van der Waals surface area (Å²) < 4.78 is 24.6. The van der Waals surface area contributed by atoms with Gasteiger partial charge >= 0.3 is 0 Å². The largest absolute Gasteiger partial charge is 0.349 e. The third-order valence-electron chi connectivity index (χ3n) is 4.82. The van der Waals surface area contributed by atoms with Gasteiger partial charge < -0.3 is 5.32 Å². The van der Waals surface area contributed by atoms with E-state index in [1.807, 2.05) is 0 Å². The molecule has 1 aliphatic heterocycles. The lowest BCUT2D eigenvalue weighted by molar-refractivity contribution is -0.126. The minimum absolute atomic E-state index is 0.00559. The monoisotopic (exact) mass is 352 g/mol. The van der Waals surface area contributed by atoms with E-state index < -0.39 is 10.0 Å². The van der Waals surface area contributed by atoms with Crippen LogP contribution >= 0.6 is 0 Å². The molecule has 0 bridgehead atoms. The third kappa shape index (κ3) is 4.57. The van der Waals surface area contributed by atoms with Gasteiger partial charge in [-0.05, 0) is 44.2 Å². The van der Waals surface area contributed by atoms with Crippen molar-refractivity contribution in [1.82, 2.24) is 9.62 Å². The van der Waals surface area contributed by atoms with Gasteiger partial charge in [0.25, 0.3) is 0 Å². The zero-order valence-corrected chi connectivity index (χ0v) is 15.8. The van der Waals surface area contributed by atoms with E-state index in [-0.39, 0.29) is 17.9 Å². The van der Waals surface area contributed by atoms with Crippen LogP contribution in [-0.2, 0) is 14.8 Å². The molecule has 2 rings (SSSR count). The molecule has 1 fully saturated rings. The van der Waals surface area contributed by atoms with Crippen LogP contribution in [0.2, 0.25) is 0 Å². The maximum Gasteiger partial charge on any atom is 0.223 e. The van der Waals surface area contributed by atoms with Crippen molar-refractivity contribution in [3.05, 3.63) is 34.9 Å². The molecule has 0 radical (unpaired) electrons. The first-order valence-corrected chi connectivity index (χ1v) is 10.4. The number of piperidine rings is 1. The molecule has 1 aliphatic rings. The van der Waals surface area contributed by atoms with E-state index in [1.165, 1.54) is 21.7 Å². The highest BCUT2D eigenvalue weighted by atomic mass is 32.2. The molecular formula is C18H28N2O3S. The quantitative estimate of drug-likeness (QED) is 0.885. The Balaban J connectivity index is 2.00. The Morgan fingerprint density at radius 3 is 2.42 bits per heavy atom. The second kappa shape index (κ2) is 7.66. The molecule has 6 heteroatoms. The lowest BCUT2D eigenvalue weighted by Gasteiger charge is -2.30. The molecule has 1 unspecified atom stereocenters. The number of carbonyl (C=O) groups is 1. The molecule has 0 aromatic heterocycles. The summed E-state index contributed by atoms with van der Waals surface area (Å²) in [6, 6.07) is 6.30. The summed E-state index contributed by atoms with van der Waals surface area (Å²) >= 11 is 0. The van der Waals surface area contributed by atoms with Crippen LogP contribution in [0.15, 0.2) is 18.2 Å². The summed E-state index contributed by atoms with van der Waals surface area (Å²) in [4.78, 5) is 12.6. The Morgan fingerprint density at radius 2 is 1.92 bits per heavy atom. The van der Waals surface area contributed by atoms with Crippen LogP contribution in [0.25, 0.3) is 0 Å². The summed E-state index contributed by atoms with van der Waals surface area (Å²) in [6.45, 7) is 7.05. The van der Waals surface area contributed by atoms with E-state index in [4.69, 9.17) is 0 Å². The second-order valence-electron chi connectivity index (χ2n) is 6.77. The highest BCUT2D eigenvalue weighted by molar-refractivity contribution is 7.88. The average Bonchev–Trinajstić information content (AvgIpc) is 2.52. The van der Waals surface area contributed by atoms with Crippen molar-refractivity contribution in [2.75, 3.05) is 19.3 Å². The van der Waals surface area contributed by atoms with Gasteiger partial charge in [0, 0.05) is 19.0 Å². The summed E-state index contributed by atoms with van der Waals surface area (Å²) in [6.07, 6.45) is 3.23. The normalized spacial score (nSPS) is 18.3. The first-order chi connectivity index (χ1) is 11.2. The van der Waals surface area contributed by atoms with Crippen LogP contribution in [0.4, 0.5) is 0 Å². The van der Waals surface area contributed by atoms with Gasteiger partial charge in [-0.15, -0.1) is 0 Å². The Hall–Kier alpha value is -1.40. The third-order valence-corrected chi connectivity index (χ3v) is 6.12. The van der Waals surface area contributed by atoms with Crippen LogP contribution in [-0.4, -0.2) is 38.0 Å². The molecule has 1 atom stereocenters. The minimum Gasteiger partial charge on any atom is -0.349 e. The van der Waals surface area contributed by atoms with Crippen molar-refractivity contribution < 1.29 is 13.2 Å². The maximum atomic E-state index is 12.6. The van der Waals surface area contributed by atoms with Crippen molar-refractivity contribution in [2.24, 2.45) is 5.92 Å². The topological polar surface area (TPSA) is 66.5 Å². The number of hydrogen-bond donors (Lipinski definition) is 1. The fourth-order valence-corrected chi connectivity index (χ4v) is 4.23. The predicted octanol–water partition coefficient (Wildman–Crippen LogP) is 2.54. The van der Waals surface area contributed by atoms with Gasteiger partial charge in [0.1, 0.15) is 0 Å². The Kier molecular flexibility index (Phi) is 6.04. The van der Waals surface area contributed by atoms with Crippen LogP contribution in [0.5, 0.6) is 0 Å². The number of benzene rings is 1. The zero-order valence-electron chi connectivity index (χ0n) is 15.0. The number of amides is 1. The number of nitrogens with zero attached hydrogens (tertiary/aromatic N) is 1. The van der Waals surface area contributed by atoms with Gasteiger partial charge in [0.2, 0.25) is 15.9 Å². The summed E-state index contributed by atoms with van der Waals surface area (Å²) in [5.41, 5.74) is 3.56. The van der Waals surface area contributed by atoms with E-state index in [1.54, 1.807) is 0 Å². The number of aryl methyl sites for hydroxylation is 2. The minimum atomic E-state index is -3.15. The Morgan fingerprint density at radius 1 is 1.29 bits per heavy atom. The molecule has 0 spiro atoms. The van der Waals surface area contributed by atoms with E-state index in [2.05, 4.69) is 44.3 Å². The molecule has 1 saturated heterocycles. The van der Waals surface area contributed by atoms with Gasteiger partial charge in [-0.3, -0.25) is 4.79 Å². The summed E-state index contributed by atoms with van der Waals surface area (Å²) in [5, 5.41) is 3.16. The Bertz CT molecular complexity index is 692. The van der Waals surface area contributed by atoms with Gasteiger partial charge in [0.05, 0.1) is 12.3 Å². The molecule has 0 aliphatic carbocycles. The first-order valence-electron chi connectivity index (χ1n) is 8.55. The standard InChI is InChI=1S/C18H28N2O3S/c1-5-17(16-7-6-13(2)12-14(16)3)19-18(21)15-8-10-20(11-9-15)24(4,22)23/h6-7,12,15,17H,5,8-11H2,1-4H3,(H,19,21). The van der Waals surface area contributed by atoms with E-state index in [0.29, 0.717) is 25.9 Å². The maximum absolute atomic E-state index is 12.6. The van der Waals surface area contributed by atoms with Gasteiger partial charge in [-0.1, -0.05) is 30.7 Å². The van der Waals surface area contributed by atoms with Gasteiger partial charge in [0.15, 0.2) is 0 Å². The molecule has 24 heavy (non-hydrogen) atoms. The molecule has 1 aromatic carbocycles. The average molecular weight is 353 g/mol. The molecule has 1 heterocycles. The van der Waals surface area contributed by atoms with E-state index in [9.17, 15) is 13.2 Å². The van der Waals surface area contributed by atoms with Crippen LogP contribution in [0.3, 0.4) is 0 Å². The number of sulfonamides is 1. The fourth-order valence-electron chi connectivity index (χ4n) is 3.36. The molecule has 5 nitrogen and oxygen atoms in total. The molecule has 1 N–H and O–H groups in total. The van der Waals surface area contributed by atoms with Crippen LogP contribution in [0, 0.1) is 19.8 Å². The smallest absolute Gasteiger partial charge is 0.223 e. The summed E-state index contributed by atoms with van der Waals surface area (Å²) in [7, 11) is -3.15. The number of carbonyl (C=O) groups excluding carboxylic acids is 1. The van der Waals surface area contributed by atoms with Crippen LogP contribution < -0.4 is 5.32 Å². The Labute approximate surface area is 145 Å². The second-order valence-corrected chi connectivity index (χ2v) is 8.75. The number of nitrogens with one attached hydrogen (secondary N) is 1. The van der Waals surface area contributed by atoms with E-state index in [0.717, 1.165) is 12.0 Å². The van der Waals surface area contributed by atoms with Crippen molar-refractivity contribution in [2.45, 2.75) is 46.1 Å². The van der Waals surface area contributed by atoms with Crippen molar-refractivity contribution in [3.8, 4) is 0 Å². The zero-order chi connectivity index (χ0) is 17.9. The molecular weight excluding hydrogens is 324 g/mol. The molecule has 0 saturated carbocycles. The lowest BCUT2D eigenvalue weighted by atomic mass is 9.94. The summed E-state index contributed by atoms with van der Waals surface area (Å²) in [5.74, 6) is -0.0715. The van der Waals surface area contributed by atoms with Gasteiger partial charge in [-0.2, -0.15) is 0 Å². The van der Waals surface area contributed by atoms with Crippen LogP contribution in [0.1, 0.15) is 48.9 Å². The molecule has 1 aromatic rings. The number of rotatable bonds is 5. The fraction of sp³-hybridized carbons (Fsp3) is 0.611. The van der Waals surface area contributed by atoms with Crippen molar-refractivity contribution >= 4 is 15.9 Å². The lowest BCUT2D eigenvalue weighted by Crippen LogP contribution is -2.43. The van der Waals surface area contributed by atoms with Crippen molar-refractivity contribution in [3.63, 3.8) is 0 Å². The predicted molar refractivity (Wildman–Crippen MR) is 96.2 cm³/mol. The number of hydrogen-bond acceptors (Lipinski definition) is 3. The molecule has 134 valence electrons. The van der Waals surface area contributed by atoms with Crippen molar-refractivity contribution in [1.29, 1.82) is 0 Å². The van der Waals surface area contributed by atoms with Gasteiger partial charge in [-0.25, -0.2) is 12.7 Å². The highest BCUT2D eigenvalue weighted by Gasteiger charge is 2.30. The molecule has 1 amide bonds.